The molecule has 0 aliphatic heterocycles. The summed E-state index contributed by atoms with van der Waals surface area (Å²) in [6.45, 7) is 3.55. The molecule has 0 atom stereocenters. The zero-order chi connectivity index (χ0) is 14.9. The van der Waals surface area contributed by atoms with E-state index in [0.29, 0.717) is 21.4 Å². The lowest BCUT2D eigenvalue weighted by Gasteiger charge is -2.12. The number of halogens is 1. The molecule has 1 aromatic carbocycles. The first kappa shape index (κ1) is 14.8. The average Bonchev–Trinajstić information content (AvgIpc) is 2.36. The first-order valence-corrected chi connectivity index (χ1v) is 8.08. The first-order valence-electron chi connectivity index (χ1n) is 5.81. The maximum Gasteiger partial charge on any atom is 0.262 e. The topological polar surface area (TPSA) is 85.1 Å². The Kier molecular flexibility index (Phi) is 4.01. The number of rotatable bonds is 3. The Hall–Kier alpha value is -1.60. The lowest BCUT2D eigenvalue weighted by molar-refractivity contribution is 0.600. The minimum Gasteiger partial charge on any atom is -0.398 e. The van der Waals surface area contributed by atoms with Gasteiger partial charge in [0.25, 0.3) is 10.0 Å². The minimum absolute atomic E-state index is 0.152. The van der Waals surface area contributed by atoms with Gasteiger partial charge in [0, 0.05) is 15.9 Å². The molecule has 0 spiro atoms. The molecule has 3 N–H and O–H groups in total. The van der Waals surface area contributed by atoms with E-state index in [1.807, 2.05) is 6.92 Å². The number of pyridine rings is 1. The second-order valence-electron chi connectivity index (χ2n) is 4.43. The number of sulfonamides is 1. The number of benzene rings is 1. The molecule has 0 saturated carbocycles. The van der Waals surface area contributed by atoms with Gasteiger partial charge < -0.3 is 5.73 Å². The highest BCUT2D eigenvalue weighted by atomic mass is 79.9. The average molecular weight is 356 g/mol. The highest BCUT2D eigenvalue weighted by Crippen LogP contribution is 2.27. The van der Waals surface area contributed by atoms with Gasteiger partial charge >= 0.3 is 0 Å². The number of nitrogens with two attached hydrogens (primary N) is 1. The van der Waals surface area contributed by atoms with Crippen molar-refractivity contribution in [1.29, 1.82) is 0 Å². The number of nitrogen functional groups attached to an aromatic ring is 1. The van der Waals surface area contributed by atoms with E-state index >= 15 is 0 Å². The zero-order valence-corrected chi connectivity index (χ0v) is 13.4. The molecule has 0 radical (unpaired) electrons. The molecule has 0 saturated heterocycles. The molecular weight excluding hydrogens is 342 g/mol. The summed E-state index contributed by atoms with van der Waals surface area (Å²) in [6.07, 6.45) is 1.48. The van der Waals surface area contributed by atoms with Crippen LogP contribution in [0.1, 0.15) is 11.3 Å². The van der Waals surface area contributed by atoms with Gasteiger partial charge in [-0.25, -0.2) is 8.42 Å². The van der Waals surface area contributed by atoms with Crippen LogP contribution in [0.4, 0.5) is 11.4 Å². The van der Waals surface area contributed by atoms with E-state index in [1.54, 1.807) is 25.1 Å². The van der Waals surface area contributed by atoms with E-state index in [4.69, 9.17) is 5.73 Å². The molecule has 2 aromatic rings. The van der Waals surface area contributed by atoms with Gasteiger partial charge in [-0.3, -0.25) is 9.71 Å². The van der Waals surface area contributed by atoms with Crippen LogP contribution in [-0.4, -0.2) is 13.4 Å². The maximum absolute atomic E-state index is 12.4. The molecule has 2 rings (SSSR count). The van der Waals surface area contributed by atoms with Crippen LogP contribution in [-0.2, 0) is 10.0 Å². The van der Waals surface area contributed by atoms with Crippen LogP contribution in [0.5, 0.6) is 0 Å². The number of aryl methyl sites for hydroxylation is 2. The Bertz CT molecular complexity index is 743. The summed E-state index contributed by atoms with van der Waals surface area (Å²) >= 11 is 3.27. The molecule has 5 nitrogen and oxygen atoms in total. The summed E-state index contributed by atoms with van der Waals surface area (Å²) < 4.78 is 27.9. The van der Waals surface area contributed by atoms with Crippen molar-refractivity contribution >= 4 is 37.3 Å². The SMILES string of the molecule is Cc1ccc(NS(=O)(=O)c2cc(N)c(Br)cc2C)cn1. The highest BCUT2D eigenvalue weighted by Gasteiger charge is 2.18. The van der Waals surface area contributed by atoms with Gasteiger partial charge in [-0.15, -0.1) is 0 Å². The number of hydrogen-bond acceptors (Lipinski definition) is 4. The summed E-state index contributed by atoms with van der Waals surface area (Å²) in [5.41, 5.74) is 7.96. The summed E-state index contributed by atoms with van der Waals surface area (Å²) in [5.74, 6) is 0. The minimum atomic E-state index is -3.69. The van der Waals surface area contributed by atoms with Crippen molar-refractivity contribution in [2.24, 2.45) is 0 Å². The zero-order valence-electron chi connectivity index (χ0n) is 11.0. The van der Waals surface area contributed by atoms with Crippen molar-refractivity contribution in [3.63, 3.8) is 0 Å². The van der Waals surface area contributed by atoms with E-state index in [1.165, 1.54) is 12.3 Å². The third kappa shape index (κ3) is 3.10. The van der Waals surface area contributed by atoms with E-state index in [0.717, 1.165) is 5.69 Å². The Morgan fingerprint density at radius 2 is 1.95 bits per heavy atom. The predicted octanol–water partition coefficient (Wildman–Crippen LogP) is 2.84. The molecule has 7 heteroatoms. The van der Waals surface area contributed by atoms with Crippen molar-refractivity contribution in [1.82, 2.24) is 4.98 Å². The van der Waals surface area contributed by atoms with E-state index < -0.39 is 10.0 Å². The largest absolute Gasteiger partial charge is 0.398 e. The molecule has 106 valence electrons. The normalized spacial score (nSPS) is 11.3. The van der Waals surface area contributed by atoms with Gasteiger partial charge in [-0.2, -0.15) is 0 Å². The van der Waals surface area contributed by atoms with Crippen LogP contribution in [0, 0.1) is 13.8 Å². The molecule has 0 aliphatic carbocycles. The predicted molar refractivity (Wildman–Crippen MR) is 83.1 cm³/mol. The van der Waals surface area contributed by atoms with Gasteiger partial charge in [-0.05, 0) is 59.6 Å². The van der Waals surface area contributed by atoms with E-state index in [2.05, 4.69) is 25.6 Å². The molecule has 0 bridgehead atoms. The quantitative estimate of drug-likeness (QED) is 0.829. The number of hydrogen-bond donors (Lipinski definition) is 2. The van der Waals surface area contributed by atoms with Crippen molar-refractivity contribution in [3.05, 3.63) is 46.2 Å². The first-order chi connectivity index (χ1) is 9.29. The molecule has 1 aromatic heterocycles. The van der Waals surface area contributed by atoms with Crippen LogP contribution < -0.4 is 10.5 Å². The fraction of sp³-hybridized carbons (Fsp3) is 0.154. The smallest absolute Gasteiger partial charge is 0.262 e. The standard InChI is InChI=1S/C13H14BrN3O2S/c1-8-5-11(14)12(15)6-13(8)20(18,19)17-10-4-3-9(2)16-7-10/h3-7,17H,15H2,1-2H3. The molecule has 0 aliphatic rings. The van der Waals surface area contributed by atoms with Gasteiger partial charge in [0.15, 0.2) is 0 Å². The van der Waals surface area contributed by atoms with Crippen LogP contribution in [0.15, 0.2) is 39.8 Å². The third-order valence-electron chi connectivity index (χ3n) is 2.75. The summed E-state index contributed by atoms with van der Waals surface area (Å²) in [5, 5.41) is 0. The van der Waals surface area contributed by atoms with Gasteiger partial charge in [0.1, 0.15) is 0 Å². The molecular formula is C13H14BrN3O2S. The molecule has 20 heavy (non-hydrogen) atoms. The molecule has 0 amide bonds. The Balaban J connectivity index is 2.40. The van der Waals surface area contributed by atoms with Crippen LogP contribution in [0.2, 0.25) is 0 Å². The molecule has 0 fully saturated rings. The van der Waals surface area contributed by atoms with Crippen molar-refractivity contribution < 1.29 is 8.42 Å². The summed E-state index contributed by atoms with van der Waals surface area (Å²) in [4.78, 5) is 4.20. The number of anilines is 2. The van der Waals surface area contributed by atoms with E-state index in [-0.39, 0.29) is 4.90 Å². The highest BCUT2D eigenvalue weighted by molar-refractivity contribution is 9.10. The van der Waals surface area contributed by atoms with Gasteiger partial charge in [0.05, 0.1) is 16.8 Å². The maximum atomic E-state index is 12.4. The van der Waals surface area contributed by atoms with Crippen molar-refractivity contribution in [3.8, 4) is 0 Å². The molecule has 1 heterocycles. The van der Waals surface area contributed by atoms with Gasteiger partial charge in [0.2, 0.25) is 0 Å². The Morgan fingerprint density at radius 1 is 1.25 bits per heavy atom. The summed E-state index contributed by atoms with van der Waals surface area (Å²) in [7, 11) is -3.69. The lowest BCUT2D eigenvalue weighted by Crippen LogP contribution is -2.15. The van der Waals surface area contributed by atoms with Crippen molar-refractivity contribution in [2.45, 2.75) is 18.7 Å². The van der Waals surface area contributed by atoms with Crippen LogP contribution >= 0.6 is 15.9 Å². The van der Waals surface area contributed by atoms with Crippen LogP contribution in [0.3, 0.4) is 0 Å². The second kappa shape index (κ2) is 5.41. The number of aromatic nitrogens is 1. The monoisotopic (exact) mass is 355 g/mol. The Morgan fingerprint density at radius 3 is 2.55 bits per heavy atom. The fourth-order valence-electron chi connectivity index (χ4n) is 1.70. The number of nitrogens with one attached hydrogen (secondary N) is 1. The molecule has 0 unspecified atom stereocenters. The van der Waals surface area contributed by atoms with E-state index in [9.17, 15) is 8.42 Å². The number of nitrogens with zero attached hydrogens (tertiary/aromatic N) is 1. The summed E-state index contributed by atoms with van der Waals surface area (Å²) in [6, 6.07) is 6.51. The van der Waals surface area contributed by atoms with Crippen molar-refractivity contribution in [2.75, 3.05) is 10.5 Å². The lowest BCUT2D eigenvalue weighted by atomic mass is 10.2. The fourth-order valence-corrected chi connectivity index (χ4v) is 3.46. The Labute approximate surface area is 126 Å². The third-order valence-corrected chi connectivity index (χ3v) is 4.96. The van der Waals surface area contributed by atoms with Gasteiger partial charge in [-0.1, -0.05) is 0 Å². The second-order valence-corrected chi connectivity index (χ2v) is 6.94. The van der Waals surface area contributed by atoms with Crippen LogP contribution in [0.25, 0.3) is 0 Å².